The van der Waals surface area contributed by atoms with E-state index in [1.54, 1.807) is 0 Å². The maximum absolute atomic E-state index is 11.9. The summed E-state index contributed by atoms with van der Waals surface area (Å²) in [6.07, 6.45) is 2.26. The Balaban J connectivity index is 1.47. The van der Waals surface area contributed by atoms with Crippen LogP contribution in [-0.4, -0.2) is 48.3 Å². The summed E-state index contributed by atoms with van der Waals surface area (Å²) >= 11 is 0. The van der Waals surface area contributed by atoms with Crippen LogP contribution in [0, 0.1) is 11.8 Å². The molecule has 4 rings (SSSR count). The van der Waals surface area contributed by atoms with Crippen molar-refractivity contribution in [1.29, 1.82) is 0 Å². The fourth-order valence-electron chi connectivity index (χ4n) is 3.58. The Morgan fingerprint density at radius 3 is 2.81 bits per heavy atom. The quantitative estimate of drug-likeness (QED) is 0.787. The summed E-state index contributed by atoms with van der Waals surface area (Å²) in [7, 11) is 0. The largest absolute Gasteiger partial charge is 0.396 e. The van der Waals surface area contributed by atoms with E-state index in [2.05, 4.69) is 15.5 Å². The van der Waals surface area contributed by atoms with Crippen LogP contribution in [0.2, 0.25) is 0 Å². The molecule has 3 saturated heterocycles. The smallest absolute Gasteiger partial charge is 0.319 e. The van der Waals surface area contributed by atoms with Gasteiger partial charge in [0.2, 0.25) is 0 Å². The number of hydrogen-bond acceptors (Lipinski definition) is 3. The lowest BCUT2D eigenvalue weighted by Crippen LogP contribution is -2.57. The SMILES string of the molecule is O=C(NCC1CC2CCN1CC2CO)Nc1ccccc1. The van der Waals surface area contributed by atoms with Crippen LogP contribution >= 0.6 is 0 Å². The molecule has 0 radical (unpaired) electrons. The minimum atomic E-state index is -0.150. The van der Waals surface area contributed by atoms with Crippen LogP contribution in [0.4, 0.5) is 10.5 Å². The van der Waals surface area contributed by atoms with Gasteiger partial charge in [-0.3, -0.25) is 4.90 Å². The van der Waals surface area contributed by atoms with E-state index in [0.29, 0.717) is 24.4 Å². The molecule has 3 heterocycles. The number of benzene rings is 1. The van der Waals surface area contributed by atoms with Crippen LogP contribution in [-0.2, 0) is 0 Å². The van der Waals surface area contributed by atoms with Crippen molar-refractivity contribution in [3.8, 4) is 0 Å². The second-order valence-corrected chi connectivity index (χ2v) is 6.08. The first kappa shape index (κ1) is 14.4. The van der Waals surface area contributed by atoms with Crippen LogP contribution in [0.25, 0.3) is 0 Å². The molecule has 0 aliphatic carbocycles. The molecule has 114 valence electrons. The standard InChI is InChI=1S/C16H23N3O2/c20-11-13-10-19-7-6-12(13)8-15(19)9-17-16(21)18-14-4-2-1-3-5-14/h1-5,12-13,15,20H,6-11H2,(H2,17,18,21). The first-order chi connectivity index (χ1) is 10.3. The van der Waals surface area contributed by atoms with Crippen molar-refractivity contribution in [3.05, 3.63) is 30.3 Å². The van der Waals surface area contributed by atoms with Crippen molar-refractivity contribution in [2.24, 2.45) is 11.8 Å². The van der Waals surface area contributed by atoms with E-state index < -0.39 is 0 Å². The molecule has 4 unspecified atom stereocenters. The molecule has 0 saturated carbocycles. The zero-order valence-corrected chi connectivity index (χ0v) is 12.2. The molecule has 21 heavy (non-hydrogen) atoms. The molecule has 1 aromatic carbocycles. The maximum atomic E-state index is 11.9. The van der Waals surface area contributed by atoms with E-state index >= 15 is 0 Å². The normalized spacial score (nSPS) is 30.9. The molecule has 3 N–H and O–H groups in total. The van der Waals surface area contributed by atoms with Crippen molar-refractivity contribution >= 4 is 11.7 Å². The van der Waals surface area contributed by atoms with Crippen molar-refractivity contribution < 1.29 is 9.90 Å². The van der Waals surface area contributed by atoms with Crippen molar-refractivity contribution in [1.82, 2.24) is 10.2 Å². The van der Waals surface area contributed by atoms with Crippen LogP contribution < -0.4 is 10.6 Å². The average molecular weight is 289 g/mol. The molecule has 1 aromatic rings. The third kappa shape index (κ3) is 3.36. The number of nitrogens with one attached hydrogen (secondary N) is 2. The third-order valence-corrected chi connectivity index (χ3v) is 4.78. The fourth-order valence-corrected chi connectivity index (χ4v) is 3.58. The van der Waals surface area contributed by atoms with Gasteiger partial charge in [-0.15, -0.1) is 0 Å². The van der Waals surface area contributed by atoms with Gasteiger partial charge < -0.3 is 15.7 Å². The number of carbonyl (C=O) groups excluding carboxylic acids is 1. The lowest BCUT2D eigenvalue weighted by atomic mass is 9.76. The maximum Gasteiger partial charge on any atom is 0.319 e. The highest BCUT2D eigenvalue weighted by Gasteiger charge is 2.39. The van der Waals surface area contributed by atoms with Gasteiger partial charge in [-0.25, -0.2) is 4.79 Å². The molecule has 4 atom stereocenters. The van der Waals surface area contributed by atoms with Gasteiger partial charge >= 0.3 is 6.03 Å². The van der Waals surface area contributed by atoms with Crippen LogP contribution in [0.1, 0.15) is 12.8 Å². The number of anilines is 1. The predicted octanol–water partition coefficient (Wildman–Crippen LogP) is 1.51. The second-order valence-electron chi connectivity index (χ2n) is 6.08. The van der Waals surface area contributed by atoms with E-state index in [0.717, 1.165) is 25.2 Å². The molecule has 0 aromatic heterocycles. The van der Waals surface area contributed by atoms with Gasteiger partial charge in [0.1, 0.15) is 0 Å². The number of amides is 2. The zero-order chi connectivity index (χ0) is 14.7. The molecule has 3 aliphatic heterocycles. The minimum Gasteiger partial charge on any atom is -0.396 e. The van der Waals surface area contributed by atoms with E-state index in [-0.39, 0.29) is 12.6 Å². The van der Waals surface area contributed by atoms with Gasteiger partial charge in [0.05, 0.1) is 0 Å². The number of urea groups is 1. The molecule has 5 nitrogen and oxygen atoms in total. The van der Waals surface area contributed by atoms with Crippen LogP contribution in [0.5, 0.6) is 0 Å². The third-order valence-electron chi connectivity index (χ3n) is 4.78. The van der Waals surface area contributed by atoms with E-state index in [4.69, 9.17) is 0 Å². The topological polar surface area (TPSA) is 64.6 Å². The number of rotatable bonds is 4. The monoisotopic (exact) mass is 289 g/mol. The Morgan fingerprint density at radius 2 is 2.14 bits per heavy atom. The first-order valence-corrected chi connectivity index (χ1v) is 7.71. The lowest BCUT2D eigenvalue weighted by Gasteiger charge is -2.49. The Kier molecular flexibility index (Phi) is 4.41. The summed E-state index contributed by atoms with van der Waals surface area (Å²) in [5.74, 6) is 1.04. The average Bonchev–Trinajstić information content (AvgIpc) is 2.54. The fraction of sp³-hybridized carbons (Fsp3) is 0.562. The summed E-state index contributed by atoms with van der Waals surface area (Å²) in [5, 5.41) is 15.2. The van der Waals surface area contributed by atoms with Crippen molar-refractivity contribution in [2.45, 2.75) is 18.9 Å². The molecule has 3 aliphatic rings. The molecule has 2 amide bonds. The highest BCUT2D eigenvalue weighted by molar-refractivity contribution is 5.89. The lowest BCUT2D eigenvalue weighted by molar-refractivity contribution is -0.0187. The van der Waals surface area contributed by atoms with Crippen molar-refractivity contribution in [3.63, 3.8) is 0 Å². The highest BCUT2D eigenvalue weighted by atomic mass is 16.3. The number of aliphatic hydroxyl groups is 1. The first-order valence-electron chi connectivity index (χ1n) is 7.71. The minimum absolute atomic E-state index is 0.150. The number of para-hydroxylation sites is 1. The Bertz CT molecular complexity index is 480. The summed E-state index contributed by atoms with van der Waals surface area (Å²) in [6.45, 7) is 3.02. The summed E-state index contributed by atoms with van der Waals surface area (Å²) in [5.41, 5.74) is 0.806. The molecule has 3 fully saturated rings. The van der Waals surface area contributed by atoms with Gasteiger partial charge in [-0.2, -0.15) is 0 Å². The Morgan fingerprint density at radius 1 is 1.33 bits per heavy atom. The van der Waals surface area contributed by atoms with Crippen LogP contribution in [0.15, 0.2) is 30.3 Å². The number of fused-ring (bicyclic) bond motifs is 3. The molecule has 0 spiro atoms. The Labute approximate surface area is 125 Å². The predicted molar refractivity (Wildman–Crippen MR) is 82.1 cm³/mol. The van der Waals surface area contributed by atoms with Gasteiger partial charge in [0.25, 0.3) is 0 Å². The van der Waals surface area contributed by atoms with Gasteiger partial charge in [-0.1, -0.05) is 18.2 Å². The molecular formula is C16H23N3O2. The summed E-state index contributed by atoms with van der Waals surface area (Å²) < 4.78 is 0. The number of carbonyl (C=O) groups is 1. The van der Waals surface area contributed by atoms with Crippen molar-refractivity contribution in [2.75, 3.05) is 31.6 Å². The number of nitrogens with zero attached hydrogens (tertiary/aromatic N) is 1. The second kappa shape index (κ2) is 6.45. The van der Waals surface area contributed by atoms with Gasteiger partial charge in [0.15, 0.2) is 0 Å². The highest BCUT2D eigenvalue weighted by Crippen LogP contribution is 2.35. The molecule has 2 bridgehead atoms. The van der Waals surface area contributed by atoms with E-state index in [1.807, 2.05) is 30.3 Å². The molecule has 5 heteroatoms. The molecular weight excluding hydrogens is 266 g/mol. The number of piperidine rings is 3. The Hall–Kier alpha value is -1.59. The van der Waals surface area contributed by atoms with Gasteiger partial charge in [-0.05, 0) is 43.4 Å². The van der Waals surface area contributed by atoms with E-state index in [9.17, 15) is 9.90 Å². The number of hydrogen-bond donors (Lipinski definition) is 3. The zero-order valence-electron chi connectivity index (χ0n) is 12.2. The summed E-state index contributed by atoms with van der Waals surface area (Å²) in [6, 6.07) is 9.73. The van der Waals surface area contributed by atoms with Crippen LogP contribution in [0.3, 0.4) is 0 Å². The van der Waals surface area contributed by atoms with Gasteiger partial charge in [0, 0.05) is 31.4 Å². The van der Waals surface area contributed by atoms with E-state index in [1.165, 1.54) is 6.42 Å². The summed E-state index contributed by atoms with van der Waals surface area (Å²) in [4.78, 5) is 14.3. The number of aliphatic hydroxyl groups excluding tert-OH is 1.